The van der Waals surface area contributed by atoms with Crippen LogP contribution in [0.15, 0.2) is 11.3 Å². The first kappa shape index (κ1) is 7.55. The third kappa shape index (κ3) is 1.14. The van der Waals surface area contributed by atoms with Gasteiger partial charge in [0.15, 0.2) is 0 Å². The molecule has 0 bridgehead atoms. The summed E-state index contributed by atoms with van der Waals surface area (Å²) in [7, 11) is 2.40. The minimum atomic E-state index is -0.829. The Balaban J connectivity index is 2.88. The lowest BCUT2D eigenvalue weighted by atomic mass is 10.2. The Kier molecular flexibility index (Phi) is 1.95. The van der Waals surface area contributed by atoms with Gasteiger partial charge in [-0.2, -0.15) is 0 Å². The predicted molar refractivity (Wildman–Crippen MR) is 41.4 cm³/mol. The van der Waals surface area contributed by atoms with Gasteiger partial charge >= 0.3 is 5.97 Å². The highest BCUT2D eigenvalue weighted by Crippen LogP contribution is 2.25. The first-order chi connectivity index (χ1) is 4.63. The minimum Gasteiger partial charge on any atom is -0.477 e. The molecule has 1 rings (SSSR count). The molecular weight excluding hydrogens is 149 g/mol. The van der Waals surface area contributed by atoms with Crippen molar-refractivity contribution in [2.75, 3.05) is 6.54 Å². The van der Waals surface area contributed by atoms with E-state index in [4.69, 9.17) is 5.11 Å². The van der Waals surface area contributed by atoms with E-state index in [1.165, 1.54) is 0 Å². The lowest BCUT2D eigenvalue weighted by Crippen LogP contribution is -2.13. The molecule has 0 radical (unpaired) electrons. The Labute approximate surface area is 62.0 Å². The summed E-state index contributed by atoms with van der Waals surface area (Å²) in [5.74, 6) is -0.829. The van der Waals surface area contributed by atoms with Gasteiger partial charge in [-0.05, 0) is 28.3 Å². The van der Waals surface area contributed by atoms with Crippen molar-refractivity contribution in [3.8, 4) is 0 Å². The summed E-state index contributed by atoms with van der Waals surface area (Å²) < 4.78 is 1.69. The van der Waals surface area contributed by atoms with E-state index < -0.39 is 5.97 Å². The molecule has 0 saturated heterocycles. The molecule has 1 aliphatic heterocycles. The van der Waals surface area contributed by atoms with Crippen molar-refractivity contribution in [3.05, 3.63) is 11.3 Å². The minimum absolute atomic E-state index is 0.435. The van der Waals surface area contributed by atoms with Crippen molar-refractivity contribution in [3.63, 3.8) is 0 Å². The maximum absolute atomic E-state index is 10.5. The van der Waals surface area contributed by atoms with Crippen LogP contribution in [-0.2, 0) is 4.79 Å². The van der Waals surface area contributed by atoms with Crippen molar-refractivity contribution in [1.29, 1.82) is 0 Å². The Hall–Kier alpha value is -0.560. The number of aliphatic carboxylic acids is 1. The highest BCUT2D eigenvalue weighted by atomic mass is 31.0. The lowest BCUT2D eigenvalue weighted by Gasteiger charge is -2.10. The molecule has 1 aliphatic rings. The molecule has 1 N–H and O–H groups in total. The normalized spacial score (nSPS) is 18.4. The van der Waals surface area contributed by atoms with E-state index in [-0.39, 0.29) is 0 Å². The molecule has 0 aromatic rings. The van der Waals surface area contributed by atoms with Gasteiger partial charge < -0.3 is 9.78 Å². The van der Waals surface area contributed by atoms with Crippen LogP contribution in [0.4, 0.5) is 0 Å². The monoisotopic (exact) mass is 159 g/mol. The summed E-state index contributed by atoms with van der Waals surface area (Å²) in [6.07, 6.45) is 0.866. The topological polar surface area (TPSA) is 40.5 Å². The smallest absolute Gasteiger partial charge is 0.352 e. The van der Waals surface area contributed by atoms with Crippen LogP contribution in [0.3, 0.4) is 0 Å². The first-order valence-electron chi connectivity index (χ1n) is 3.08. The molecule has 0 aromatic heterocycles. The molecular formula is C6H10NO2P. The van der Waals surface area contributed by atoms with Gasteiger partial charge in [-0.25, -0.2) is 4.79 Å². The zero-order chi connectivity index (χ0) is 7.72. The molecule has 1 atom stereocenters. The summed E-state index contributed by atoms with van der Waals surface area (Å²) >= 11 is 0. The Morgan fingerprint density at radius 1 is 1.80 bits per heavy atom. The van der Waals surface area contributed by atoms with E-state index in [9.17, 15) is 4.79 Å². The fourth-order valence-corrected chi connectivity index (χ4v) is 1.53. The average Bonchev–Trinajstić information content (AvgIpc) is 2.11. The van der Waals surface area contributed by atoms with Gasteiger partial charge in [0.2, 0.25) is 0 Å². The van der Waals surface area contributed by atoms with Crippen molar-refractivity contribution in [2.24, 2.45) is 0 Å². The second kappa shape index (κ2) is 2.59. The van der Waals surface area contributed by atoms with Crippen molar-refractivity contribution in [1.82, 2.24) is 4.67 Å². The highest BCUT2D eigenvalue weighted by molar-refractivity contribution is 7.13. The van der Waals surface area contributed by atoms with Gasteiger partial charge in [0.05, 0.1) is 0 Å². The number of rotatable bonds is 1. The van der Waals surface area contributed by atoms with Crippen LogP contribution in [0.25, 0.3) is 0 Å². The molecule has 56 valence electrons. The Bertz CT molecular complexity index is 200. The Morgan fingerprint density at radius 2 is 2.40 bits per heavy atom. The average molecular weight is 159 g/mol. The summed E-state index contributed by atoms with van der Waals surface area (Å²) in [6, 6.07) is 0. The van der Waals surface area contributed by atoms with Gasteiger partial charge in [0, 0.05) is 6.54 Å². The summed E-state index contributed by atoms with van der Waals surface area (Å²) in [5.41, 5.74) is 1.40. The van der Waals surface area contributed by atoms with Gasteiger partial charge in [-0.1, -0.05) is 0 Å². The maximum atomic E-state index is 10.5. The molecule has 3 nitrogen and oxygen atoms in total. The number of hydrogen-bond donors (Lipinski definition) is 1. The van der Waals surface area contributed by atoms with Crippen LogP contribution in [-0.4, -0.2) is 22.3 Å². The third-order valence-electron chi connectivity index (χ3n) is 1.62. The van der Waals surface area contributed by atoms with E-state index >= 15 is 0 Å². The van der Waals surface area contributed by atoms with E-state index in [0.29, 0.717) is 5.70 Å². The fourth-order valence-electron chi connectivity index (χ4n) is 1.07. The Morgan fingerprint density at radius 3 is 2.60 bits per heavy atom. The lowest BCUT2D eigenvalue weighted by molar-refractivity contribution is -0.133. The largest absolute Gasteiger partial charge is 0.477 e. The second-order valence-corrected chi connectivity index (χ2v) is 3.00. The van der Waals surface area contributed by atoms with E-state index in [2.05, 4.69) is 9.39 Å². The molecule has 1 unspecified atom stereocenters. The highest BCUT2D eigenvalue weighted by Gasteiger charge is 2.21. The molecule has 0 saturated carbocycles. The molecule has 10 heavy (non-hydrogen) atoms. The molecule has 0 spiro atoms. The van der Waals surface area contributed by atoms with Crippen LogP contribution >= 0.6 is 9.39 Å². The predicted octanol–water partition coefficient (Wildman–Crippen LogP) is 0.841. The molecule has 0 fully saturated rings. The number of hydrogen-bond acceptors (Lipinski definition) is 2. The summed E-state index contributed by atoms with van der Waals surface area (Å²) in [4.78, 5) is 10.5. The summed E-state index contributed by atoms with van der Waals surface area (Å²) in [6.45, 7) is 2.66. The number of nitrogens with zero attached hydrogens (tertiary/aromatic N) is 1. The van der Waals surface area contributed by atoms with E-state index in [0.717, 1.165) is 18.5 Å². The molecule has 0 aromatic carbocycles. The number of carboxylic acid groups (broad SMARTS) is 1. The number of carboxylic acids is 1. The maximum Gasteiger partial charge on any atom is 0.352 e. The SMILES string of the molecule is CC1=C(C(=O)O)N(P)CC1. The molecule has 4 heteroatoms. The first-order valence-corrected chi connectivity index (χ1v) is 3.60. The van der Waals surface area contributed by atoms with Crippen LogP contribution in [0.2, 0.25) is 0 Å². The van der Waals surface area contributed by atoms with Crippen molar-refractivity contribution < 1.29 is 9.90 Å². The number of carbonyl (C=O) groups is 1. The van der Waals surface area contributed by atoms with Gasteiger partial charge in [-0.15, -0.1) is 0 Å². The standard InChI is InChI=1S/C6H10NO2P/c1-4-2-3-7(10)5(4)6(8)9/h2-3,10H2,1H3,(H,8,9). The molecule has 1 heterocycles. The van der Waals surface area contributed by atoms with Crippen LogP contribution in [0.1, 0.15) is 13.3 Å². The van der Waals surface area contributed by atoms with Gasteiger partial charge in [0.1, 0.15) is 5.70 Å². The van der Waals surface area contributed by atoms with Gasteiger partial charge in [-0.3, -0.25) is 0 Å². The second-order valence-electron chi connectivity index (χ2n) is 2.38. The van der Waals surface area contributed by atoms with Crippen LogP contribution in [0.5, 0.6) is 0 Å². The molecule has 0 amide bonds. The van der Waals surface area contributed by atoms with E-state index in [1.807, 2.05) is 6.92 Å². The van der Waals surface area contributed by atoms with E-state index in [1.54, 1.807) is 4.67 Å². The molecule has 0 aliphatic carbocycles. The van der Waals surface area contributed by atoms with Crippen molar-refractivity contribution in [2.45, 2.75) is 13.3 Å². The van der Waals surface area contributed by atoms with Crippen LogP contribution in [0, 0.1) is 0 Å². The van der Waals surface area contributed by atoms with Crippen LogP contribution < -0.4 is 0 Å². The zero-order valence-electron chi connectivity index (χ0n) is 5.79. The van der Waals surface area contributed by atoms with Gasteiger partial charge in [0.25, 0.3) is 0 Å². The third-order valence-corrected chi connectivity index (χ3v) is 2.14. The quantitative estimate of drug-likeness (QED) is 0.576. The zero-order valence-corrected chi connectivity index (χ0v) is 6.95. The fraction of sp³-hybridized carbons (Fsp3) is 0.500. The summed E-state index contributed by atoms with van der Waals surface area (Å²) in [5, 5.41) is 8.64. The van der Waals surface area contributed by atoms with Crippen molar-refractivity contribution >= 4 is 15.4 Å².